The maximum absolute atomic E-state index is 13.3. The molecular formula is C19H19FN2O3. The Balaban J connectivity index is 1.50. The van der Waals surface area contributed by atoms with Gasteiger partial charge < -0.3 is 13.8 Å². The molecule has 5 nitrogen and oxygen atoms in total. The number of fused-ring (bicyclic) bond motifs is 1. The largest absolute Gasteiger partial charge is 0.469 e. The molecule has 25 heavy (non-hydrogen) atoms. The van der Waals surface area contributed by atoms with Gasteiger partial charge in [-0.15, -0.1) is 0 Å². The van der Waals surface area contributed by atoms with Crippen LogP contribution in [0.4, 0.5) is 4.39 Å². The SMILES string of the molecule is Cc1coc(C)c1C(=O)N1CCC(c2noc3cc(F)ccc23)CC1. The fraction of sp³-hybridized carbons (Fsp3) is 0.368. The van der Waals surface area contributed by atoms with Gasteiger partial charge in [-0.2, -0.15) is 0 Å². The standard InChI is InChI=1S/C19H19FN2O3/c1-11-10-24-12(2)17(11)19(23)22-7-5-13(6-8-22)18-15-4-3-14(20)9-16(15)25-21-18/h3-4,9-10,13H,5-8H2,1-2H3. The number of aromatic nitrogens is 1. The van der Waals surface area contributed by atoms with E-state index in [1.165, 1.54) is 12.1 Å². The van der Waals surface area contributed by atoms with Gasteiger partial charge in [-0.3, -0.25) is 4.79 Å². The number of furan rings is 1. The molecule has 1 amide bonds. The first kappa shape index (κ1) is 15.9. The second-order valence-electron chi connectivity index (χ2n) is 6.62. The van der Waals surface area contributed by atoms with Crippen molar-refractivity contribution >= 4 is 16.9 Å². The third-order valence-electron chi connectivity index (χ3n) is 5.00. The summed E-state index contributed by atoms with van der Waals surface area (Å²) in [6, 6.07) is 4.49. The third-order valence-corrected chi connectivity index (χ3v) is 5.00. The van der Waals surface area contributed by atoms with Gasteiger partial charge in [0.25, 0.3) is 5.91 Å². The molecule has 0 aliphatic carbocycles. The monoisotopic (exact) mass is 342 g/mol. The van der Waals surface area contributed by atoms with Gasteiger partial charge in [-0.1, -0.05) is 5.16 Å². The van der Waals surface area contributed by atoms with Crippen molar-refractivity contribution in [2.75, 3.05) is 13.1 Å². The van der Waals surface area contributed by atoms with E-state index >= 15 is 0 Å². The molecule has 1 saturated heterocycles. The fourth-order valence-corrected chi connectivity index (χ4v) is 3.63. The molecule has 0 bridgehead atoms. The van der Waals surface area contributed by atoms with Gasteiger partial charge in [0.15, 0.2) is 5.58 Å². The number of piperidine rings is 1. The molecule has 0 unspecified atom stereocenters. The van der Waals surface area contributed by atoms with Crippen molar-refractivity contribution in [3.8, 4) is 0 Å². The van der Waals surface area contributed by atoms with E-state index in [0.29, 0.717) is 30.0 Å². The minimum Gasteiger partial charge on any atom is -0.469 e. The number of carbonyl (C=O) groups is 1. The zero-order valence-corrected chi connectivity index (χ0v) is 14.2. The second kappa shape index (κ2) is 6.02. The molecule has 0 atom stereocenters. The molecule has 1 aliphatic heterocycles. The van der Waals surface area contributed by atoms with Gasteiger partial charge in [0.05, 0.1) is 17.5 Å². The Bertz CT molecular complexity index is 916. The average Bonchev–Trinajstić information content (AvgIpc) is 3.17. The molecule has 1 fully saturated rings. The summed E-state index contributed by atoms with van der Waals surface area (Å²) < 4.78 is 23.9. The molecule has 0 N–H and O–H groups in total. The minimum absolute atomic E-state index is 0.0225. The van der Waals surface area contributed by atoms with Crippen LogP contribution in [0.5, 0.6) is 0 Å². The van der Waals surface area contributed by atoms with Crippen LogP contribution in [0.1, 0.15) is 46.1 Å². The minimum atomic E-state index is -0.332. The van der Waals surface area contributed by atoms with E-state index in [2.05, 4.69) is 5.16 Å². The van der Waals surface area contributed by atoms with Crippen LogP contribution in [0.15, 0.2) is 33.4 Å². The Hall–Kier alpha value is -2.63. The van der Waals surface area contributed by atoms with Gasteiger partial charge >= 0.3 is 0 Å². The molecule has 2 aromatic heterocycles. The van der Waals surface area contributed by atoms with Crippen molar-refractivity contribution in [2.24, 2.45) is 0 Å². The first-order valence-electron chi connectivity index (χ1n) is 8.43. The summed E-state index contributed by atoms with van der Waals surface area (Å²) in [6.07, 6.45) is 3.23. The number of rotatable bonds is 2. The van der Waals surface area contributed by atoms with Crippen molar-refractivity contribution in [1.29, 1.82) is 0 Å². The van der Waals surface area contributed by atoms with Gasteiger partial charge in [0.2, 0.25) is 0 Å². The lowest BCUT2D eigenvalue weighted by molar-refractivity contribution is 0.0709. The molecule has 3 heterocycles. The summed E-state index contributed by atoms with van der Waals surface area (Å²) in [5.41, 5.74) is 2.87. The molecule has 3 aromatic rings. The molecule has 0 spiro atoms. The maximum Gasteiger partial charge on any atom is 0.257 e. The predicted molar refractivity (Wildman–Crippen MR) is 90.0 cm³/mol. The first-order valence-corrected chi connectivity index (χ1v) is 8.43. The zero-order valence-electron chi connectivity index (χ0n) is 14.2. The number of hydrogen-bond donors (Lipinski definition) is 0. The average molecular weight is 342 g/mol. The normalized spacial score (nSPS) is 15.9. The predicted octanol–water partition coefficient (Wildman–Crippen LogP) is 4.20. The van der Waals surface area contributed by atoms with Crippen molar-refractivity contribution in [2.45, 2.75) is 32.6 Å². The van der Waals surface area contributed by atoms with Crippen molar-refractivity contribution in [1.82, 2.24) is 10.1 Å². The summed E-state index contributed by atoms with van der Waals surface area (Å²) in [7, 11) is 0. The molecular weight excluding hydrogens is 323 g/mol. The van der Waals surface area contributed by atoms with Crippen LogP contribution in [0.3, 0.4) is 0 Å². The van der Waals surface area contributed by atoms with Crippen LogP contribution in [0, 0.1) is 19.7 Å². The van der Waals surface area contributed by atoms with Gasteiger partial charge in [-0.05, 0) is 38.8 Å². The lowest BCUT2D eigenvalue weighted by atomic mass is 9.91. The van der Waals surface area contributed by atoms with E-state index in [0.717, 1.165) is 29.5 Å². The van der Waals surface area contributed by atoms with Crippen LogP contribution >= 0.6 is 0 Å². The van der Waals surface area contributed by atoms with Crippen molar-refractivity contribution in [3.05, 3.63) is 52.9 Å². The quantitative estimate of drug-likeness (QED) is 0.700. The topological polar surface area (TPSA) is 59.5 Å². The van der Waals surface area contributed by atoms with Crippen molar-refractivity contribution in [3.63, 3.8) is 0 Å². The van der Waals surface area contributed by atoms with E-state index in [9.17, 15) is 9.18 Å². The number of nitrogens with zero attached hydrogens (tertiary/aromatic N) is 2. The Labute approximate surface area is 144 Å². The first-order chi connectivity index (χ1) is 12.0. The van der Waals surface area contributed by atoms with Crippen molar-refractivity contribution < 1.29 is 18.1 Å². The highest BCUT2D eigenvalue weighted by Crippen LogP contribution is 2.33. The Morgan fingerprint density at radius 3 is 2.72 bits per heavy atom. The fourth-order valence-electron chi connectivity index (χ4n) is 3.63. The zero-order chi connectivity index (χ0) is 17.6. The molecule has 6 heteroatoms. The molecule has 0 saturated carbocycles. The van der Waals surface area contributed by atoms with E-state index in [4.69, 9.17) is 8.94 Å². The number of hydrogen-bond acceptors (Lipinski definition) is 4. The number of halogens is 1. The van der Waals surface area contributed by atoms with Crippen LogP contribution in [0.25, 0.3) is 11.0 Å². The number of benzene rings is 1. The van der Waals surface area contributed by atoms with Crippen LogP contribution in [-0.4, -0.2) is 29.1 Å². The van der Waals surface area contributed by atoms with E-state index in [-0.39, 0.29) is 17.6 Å². The van der Waals surface area contributed by atoms with E-state index in [1.54, 1.807) is 12.3 Å². The molecule has 130 valence electrons. The summed E-state index contributed by atoms with van der Waals surface area (Å²) in [4.78, 5) is 14.6. The molecule has 1 aromatic carbocycles. The summed E-state index contributed by atoms with van der Waals surface area (Å²) in [5.74, 6) is 0.562. The van der Waals surface area contributed by atoms with E-state index in [1.807, 2.05) is 18.7 Å². The highest BCUT2D eigenvalue weighted by atomic mass is 19.1. The number of aryl methyl sites for hydroxylation is 2. The number of amides is 1. The highest BCUT2D eigenvalue weighted by molar-refractivity contribution is 5.96. The van der Waals surface area contributed by atoms with Gasteiger partial charge in [0.1, 0.15) is 11.6 Å². The summed E-state index contributed by atoms with van der Waals surface area (Å²) in [5, 5.41) is 5.00. The Morgan fingerprint density at radius 2 is 2.04 bits per heavy atom. The molecule has 0 radical (unpaired) electrons. The maximum atomic E-state index is 13.3. The van der Waals surface area contributed by atoms with Crippen LogP contribution in [-0.2, 0) is 0 Å². The van der Waals surface area contributed by atoms with Gasteiger partial charge in [0, 0.05) is 36.0 Å². The summed E-state index contributed by atoms with van der Waals surface area (Å²) >= 11 is 0. The lowest BCUT2D eigenvalue weighted by Crippen LogP contribution is -2.38. The smallest absolute Gasteiger partial charge is 0.257 e. The molecule has 4 rings (SSSR count). The highest BCUT2D eigenvalue weighted by Gasteiger charge is 2.29. The summed E-state index contributed by atoms with van der Waals surface area (Å²) in [6.45, 7) is 5.01. The number of likely N-dealkylation sites (tertiary alicyclic amines) is 1. The van der Waals surface area contributed by atoms with Gasteiger partial charge in [-0.25, -0.2) is 4.39 Å². The molecule has 1 aliphatic rings. The number of carbonyl (C=O) groups excluding carboxylic acids is 1. The lowest BCUT2D eigenvalue weighted by Gasteiger charge is -2.31. The third kappa shape index (κ3) is 2.71. The van der Waals surface area contributed by atoms with Crippen LogP contribution < -0.4 is 0 Å². The Kier molecular flexibility index (Phi) is 3.82. The second-order valence-corrected chi connectivity index (χ2v) is 6.62. The van der Waals surface area contributed by atoms with E-state index < -0.39 is 0 Å². The van der Waals surface area contributed by atoms with Crippen LogP contribution in [0.2, 0.25) is 0 Å². The Morgan fingerprint density at radius 1 is 1.28 bits per heavy atom.